The molecule has 2 atom stereocenters. The van der Waals surface area contributed by atoms with Gasteiger partial charge in [0.2, 0.25) is 5.13 Å². The first-order valence-electron chi connectivity index (χ1n) is 5.82. The third kappa shape index (κ3) is 2.91. The Kier molecular flexibility index (Phi) is 3.57. The monoisotopic (exact) mass is 225 g/mol. The molecular formula is C11H19N3S. The van der Waals surface area contributed by atoms with Crippen LogP contribution in [0, 0.1) is 12.8 Å². The van der Waals surface area contributed by atoms with Gasteiger partial charge in [-0.25, -0.2) is 4.98 Å². The fraction of sp³-hybridized carbons (Fsp3) is 0.818. The maximum Gasteiger partial charge on any atom is 0.202 e. The van der Waals surface area contributed by atoms with Crippen molar-refractivity contribution in [3.05, 3.63) is 5.82 Å². The molecule has 1 aliphatic rings. The van der Waals surface area contributed by atoms with Gasteiger partial charge in [-0.1, -0.05) is 26.2 Å². The van der Waals surface area contributed by atoms with Gasteiger partial charge >= 0.3 is 0 Å². The molecule has 1 N–H and O–H groups in total. The standard InChI is InChI=1S/C11H19N3S/c1-8-6-4-3-5-7-10(8)13-11-12-9(2)14-15-11/h8,10H,3-7H2,1-2H3,(H,12,13,14). The van der Waals surface area contributed by atoms with Crippen LogP contribution in [0.25, 0.3) is 0 Å². The molecule has 15 heavy (non-hydrogen) atoms. The van der Waals surface area contributed by atoms with E-state index in [1.54, 1.807) is 0 Å². The molecule has 3 nitrogen and oxygen atoms in total. The van der Waals surface area contributed by atoms with Crippen molar-refractivity contribution in [3.8, 4) is 0 Å². The van der Waals surface area contributed by atoms with Gasteiger partial charge < -0.3 is 5.32 Å². The molecule has 0 amide bonds. The molecule has 0 spiro atoms. The molecule has 0 aliphatic heterocycles. The Labute approximate surface area is 95.5 Å². The highest BCUT2D eigenvalue weighted by atomic mass is 32.1. The summed E-state index contributed by atoms with van der Waals surface area (Å²) in [5.41, 5.74) is 0. The Morgan fingerprint density at radius 3 is 2.80 bits per heavy atom. The number of nitrogens with one attached hydrogen (secondary N) is 1. The van der Waals surface area contributed by atoms with Gasteiger partial charge in [-0.3, -0.25) is 0 Å². The summed E-state index contributed by atoms with van der Waals surface area (Å²) in [7, 11) is 0. The van der Waals surface area contributed by atoms with Crippen molar-refractivity contribution in [1.82, 2.24) is 9.36 Å². The molecule has 1 saturated carbocycles. The van der Waals surface area contributed by atoms with Gasteiger partial charge in [0.1, 0.15) is 5.82 Å². The number of aryl methyl sites for hydroxylation is 1. The van der Waals surface area contributed by atoms with Crippen LogP contribution in [0.3, 0.4) is 0 Å². The van der Waals surface area contributed by atoms with E-state index in [9.17, 15) is 0 Å². The van der Waals surface area contributed by atoms with E-state index in [4.69, 9.17) is 0 Å². The lowest BCUT2D eigenvalue weighted by Crippen LogP contribution is -2.26. The molecule has 1 heterocycles. The van der Waals surface area contributed by atoms with Crippen molar-refractivity contribution in [1.29, 1.82) is 0 Å². The normalized spacial score (nSPS) is 27.3. The zero-order valence-electron chi connectivity index (χ0n) is 9.49. The molecule has 84 valence electrons. The minimum absolute atomic E-state index is 0.597. The third-order valence-electron chi connectivity index (χ3n) is 3.20. The maximum absolute atomic E-state index is 4.37. The van der Waals surface area contributed by atoms with Crippen LogP contribution < -0.4 is 5.32 Å². The molecular weight excluding hydrogens is 206 g/mol. The van der Waals surface area contributed by atoms with Crippen LogP contribution in [0.4, 0.5) is 5.13 Å². The van der Waals surface area contributed by atoms with E-state index >= 15 is 0 Å². The summed E-state index contributed by atoms with van der Waals surface area (Å²) >= 11 is 1.48. The molecule has 1 aromatic heterocycles. The third-order valence-corrected chi connectivity index (χ3v) is 3.94. The molecule has 2 rings (SSSR count). The van der Waals surface area contributed by atoms with Gasteiger partial charge in [0.15, 0.2) is 0 Å². The number of aromatic nitrogens is 2. The van der Waals surface area contributed by atoms with E-state index in [0.29, 0.717) is 6.04 Å². The summed E-state index contributed by atoms with van der Waals surface area (Å²) in [4.78, 5) is 4.37. The van der Waals surface area contributed by atoms with Crippen molar-refractivity contribution in [2.24, 2.45) is 5.92 Å². The van der Waals surface area contributed by atoms with Crippen molar-refractivity contribution in [3.63, 3.8) is 0 Å². The molecule has 1 fully saturated rings. The lowest BCUT2D eigenvalue weighted by molar-refractivity contribution is 0.456. The molecule has 2 unspecified atom stereocenters. The zero-order valence-corrected chi connectivity index (χ0v) is 10.3. The second kappa shape index (κ2) is 4.92. The first-order valence-corrected chi connectivity index (χ1v) is 6.60. The maximum atomic E-state index is 4.37. The number of hydrogen-bond donors (Lipinski definition) is 1. The molecule has 1 aliphatic carbocycles. The van der Waals surface area contributed by atoms with Gasteiger partial charge in [0, 0.05) is 17.6 Å². The van der Waals surface area contributed by atoms with Gasteiger partial charge in [-0.05, 0) is 25.7 Å². The molecule has 0 aromatic carbocycles. The largest absolute Gasteiger partial charge is 0.357 e. The van der Waals surface area contributed by atoms with Crippen molar-refractivity contribution < 1.29 is 0 Å². The van der Waals surface area contributed by atoms with E-state index in [1.165, 1.54) is 43.6 Å². The topological polar surface area (TPSA) is 37.8 Å². The van der Waals surface area contributed by atoms with Gasteiger partial charge in [0.25, 0.3) is 0 Å². The average Bonchev–Trinajstić information content (AvgIpc) is 2.50. The van der Waals surface area contributed by atoms with E-state index in [1.807, 2.05) is 6.92 Å². The Bertz CT molecular complexity index is 311. The highest BCUT2D eigenvalue weighted by molar-refractivity contribution is 7.09. The second-order valence-corrected chi connectivity index (χ2v) is 5.26. The van der Waals surface area contributed by atoms with E-state index < -0.39 is 0 Å². The second-order valence-electron chi connectivity index (χ2n) is 4.51. The van der Waals surface area contributed by atoms with Crippen LogP contribution in [0.5, 0.6) is 0 Å². The van der Waals surface area contributed by atoms with Gasteiger partial charge in [0.05, 0.1) is 0 Å². The summed E-state index contributed by atoms with van der Waals surface area (Å²) in [5.74, 6) is 1.64. The van der Waals surface area contributed by atoms with Crippen LogP contribution in [-0.4, -0.2) is 15.4 Å². The Balaban J connectivity index is 1.97. The first-order chi connectivity index (χ1) is 7.25. The summed E-state index contributed by atoms with van der Waals surface area (Å²) in [6, 6.07) is 0.597. The van der Waals surface area contributed by atoms with Crippen LogP contribution in [-0.2, 0) is 0 Å². The minimum Gasteiger partial charge on any atom is -0.357 e. The molecule has 0 radical (unpaired) electrons. The number of anilines is 1. The van der Waals surface area contributed by atoms with Gasteiger partial charge in [-0.2, -0.15) is 4.37 Å². The fourth-order valence-corrected chi connectivity index (χ4v) is 2.86. The van der Waals surface area contributed by atoms with Crippen molar-refractivity contribution in [2.75, 3.05) is 5.32 Å². The summed E-state index contributed by atoms with van der Waals surface area (Å²) in [5, 5.41) is 4.53. The summed E-state index contributed by atoms with van der Waals surface area (Å²) in [6.45, 7) is 4.29. The Morgan fingerprint density at radius 2 is 2.07 bits per heavy atom. The summed E-state index contributed by atoms with van der Waals surface area (Å²) in [6.07, 6.45) is 6.74. The minimum atomic E-state index is 0.597. The Hall–Kier alpha value is -0.640. The van der Waals surface area contributed by atoms with Crippen LogP contribution in [0.2, 0.25) is 0 Å². The first kappa shape index (κ1) is 10.9. The number of hydrogen-bond acceptors (Lipinski definition) is 4. The molecule has 1 aromatic rings. The van der Waals surface area contributed by atoms with E-state index in [2.05, 4.69) is 21.6 Å². The summed E-state index contributed by atoms with van der Waals surface area (Å²) < 4.78 is 4.20. The predicted molar refractivity (Wildman–Crippen MR) is 64.3 cm³/mol. The van der Waals surface area contributed by atoms with E-state index in [0.717, 1.165) is 16.9 Å². The highest BCUT2D eigenvalue weighted by Crippen LogP contribution is 2.26. The molecule has 0 bridgehead atoms. The smallest absolute Gasteiger partial charge is 0.202 e. The van der Waals surface area contributed by atoms with Gasteiger partial charge in [-0.15, -0.1) is 0 Å². The fourth-order valence-electron chi connectivity index (χ4n) is 2.22. The highest BCUT2D eigenvalue weighted by Gasteiger charge is 2.20. The van der Waals surface area contributed by atoms with Crippen LogP contribution in [0.15, 0.2) is 0 Å². The molecule has 0 saturated heterocycles. The van der Waals surface area contributed by atoms with Crippen LogP contribution in [0.1, 0.15) is 44.9 Å². The predicted octanol–water partition coefficient (Wildman–Crippen LogP) is 3.23. The van der Waals surface area contributed by atoms with Crippen molar-refractivity contribution in [2.45, 2.75) is 52.0 Å². The lowest BCUT2D eigenvalue weighted by atomic mass is 9.97. The number of rotatable bonds is 2. The average molecular weight is 225 g/mol. The van der Waals surface area contributed by atoms with Crippen LogP contribution >= 0.6 is 11.5 Å². The van der Waals surface area contributed by atoms with Crippen molar-refractivity contribution >= 4 is 16.7 Å². The number of nitrogens with zero attached hydrogens (tertiary/aromatic N) is 2. The SMILES string of the molecule is Cc1nsc(NC2CCCCCC2C)n1. The molecule has 4 heteroatoms. The zero-order chi connectivity index (χ0) is 10.7. The quantitative estimate of drug-likeness (QED) is 0.785. The lowest BCUT2D eigenvalue weighted by Gasteiger charge is -2.21. The Morgan fingerprint density at radius 1 is 1.27 bits per heavy atom. The van der Waals surface area contributed by atoms with E-state index in [-0.39, 0.29) is 0 Å².